The third kappa shape index (κ3) is 3.20. The molecule has 7 heteroatoms. The van der Waals surface area contributed by atoms with Crippen LogP contribution in [0.1, 0.15) is 48.5 Å². The van der Waals surface area contributed by atoms with Crippen molar-refractivity contribution < 1.29 is 9.90 Å². The molecule has 2 aliphatic rings. The van der Waals surface area contributed by atoms with Gasteiger partial charge in [0.25, 0.3) is 5.91 Å². The summed E-state index contributed by atoms with van der Waals surface area (Å²) in [6, 6.07) is 5.92. The molecule has 4 heterocycles. The molecule has 1 atom stereocenters. The van der Waals surface area contributed by atoms with Gasteiger partial charge in [-0.25, -0.2) is 9.97 Å². The third-order valence-electron chi connectivity index (χ3n) is 5.67. The van der Waals surface area contributed by atoms with Crippen molar-refractivity contribution in [1.82, 2.24) is 9.97 Å². The van der Waals surface area contributed by atoms with Gasteiger partial charge in [0, 0.05) is 31.9 Å². The molecule has 1 unspecified atom stereocenters. The van der Waals surface area contributed by atoms with Crippen LogP contribution in [0.5, 0.6) is 0 Å². The number of anilines is 4. The number of fused-ring (bicyclic) bond motifs is 2. The Morgan fingerprint density at radius 3 is 2.96 bits per heavy atom. The van der Waals surface area contributed by atoms with Crippen molar-refractivity contribution in [1.29, 1.82) is 0 Å². The fourth-order valence-corrected chi connectivity index (χ4v) is 4.26. The van der Waals surface area contributed by atoms with E-state index >= 15 is 0 Å². The Hall–Kier alpha value is -2.67. The summed E-state index contributed by atoms with van der Waals surface area (Å²) in [5.74, 6) is 2.11. The van der Waals surface area contributed by atoms with E-state index in [-0.39, 0.29) is 12.5 Å². The largest absolute Gasteiger partial charge is 0.396 e. The van der Waals surface area contributed by atoms with Crippen molar-refractivity contribution in [2.45, 2.75) is 45.6 Å². The van der Waals surface area contributed by atoms with Gasteiger partial charge >= 0.3 is 0 Å². The predicted molar refractivity (Wildman–Crippen MR) is 111 cm³/mol. The van der Waals surface area contributed by atoms with Crippen molar-refractivity contribution in [2.75, 3.05) is 34.8 Å². The van der Waals surface area contributed by atoms with Crippen LogP contribution in [0, 0.1) is 6.92 Å². The van der Waals surface area contributed by atoms with Gasteiger partial charge in [-0.2, -0.15) is 0 Å². The number of hydrogen-bond acceptors (Lipinski definition) is 6. The average molecular weight is 381 g/mol. The van der Waals surface area contributed by atoms with Crippen LogP contribution in [0.3, 0.4) is 0 Å². The average Bonchev–Trinajstić information content (AvgIpc) is 2.83. The van der Waals surface area contributed by atoms with E-state index in [0.717, 1.165) is 48.7 Å². The highest BCUT2D eigenvalue weighted by Crippen LogP contribution is 2.39. The van der Waals surface area contributed by atoms with Crippen molar-refractivity contribution in [3.8, 4) is 0 Å². The first-order valence-electron chi connectivity index (χ1n) is 10.1. The van der Waals surface area contributed by atoms with Crippen molar-refractivity contribution in [3.63, 3.8) is 0 Å². The lowest BCUT2D eigenvalue weighted by Crippen LogP contribution is -2.41. The normalized spacial score (nSPS) is 19.0. The summed E-state index contributed by atoms with van der Waals surface area (Å²) in [6.45, 7) is 5.81. The van der Waals surface area contributed by atoms with Gasteiger partial charge in [-0.15, -0.1) is 0 Å². The quantitative estimate of drug-likeness (QED) is 0.846. The van der Waals surface area contributed by atoms with Gasteiger partial charge < -0.3 is 20.2 Å². The van der Waals surface area contributed by atoms with E-state index in [4.69, 9.17) is 4.98 Å². The summed E-state index contributed by atoms with van der Waals surface area (Å²) < 4.78 is 0. The second kappa shape index (κ2) is 7.75. The molecular formula is C21H27N5O2. The zero-order valence-corrected chi connectivity index (χ0v) is 16.5. The third-order valence-corrected chi connectivity index (χ3v) is 5.67. The van der Waals surface area contributed by atoms with Crippen LogP contribution in [0.4, 0.5) is 23.1 Å². The van der Waals surface area contributed by atoms with Crippen LogP contribution in [-0.2, 0) is 0 Å². The minimum Gasteiger partial charge on any atom is -0.396 e. The van der Waals surface area contributed by atoms with Crippen LogP contribution >= 0.6 is 0 Å². The predicted octanol–water partition coefficient (Wildman–Crippen LogP) is 3.25. The Labute approximate surface area is 165 Å². The van der Waals surface area contributed by atoms with Crippen molar-refractivity contribution in [2.24, 2.45) is 0 Å². The number of aliphatic hydroxyl groups is 1. The maximum Gasteiger partial charge on any atom is 0.259 e. The molecule has 28 heavy (non-hydrogen) atoms. The molecule has 0 saturated carbocycles. The fourth-order valence-electron chi connectivity index (χ4n) is 4.26. The molecular weight excluding hydrogens is 354 g/mol. The van der Waals surface area contributed by atoms with Crippen LogP contribution in [0.15, 0.2) is 24.4 Å². The van der Waals surface area contributed by atoms with E-state index < -0.39 is 0 Å². The van der Waals surface area contributed by atoms with E-state index in [1.807, 2.05) is 24.8 Å². The molecule has 2 aliphatic heterocycles. The number of piperidine rings is 1. The van der Waals surface area contributed by atoms with E-state index in [1.165, 1.54) is 6.42 Å². The number of nitrogens with zero attached hydrogens (tertiary/aromatic N) is 4. The minimum absolute atomic E-state index is 0.158. The number of hydrogen-bond donors (Lipinski definition) is 2. The monoisotopic (exact) mass is 381 g/mol. The zero-order chi connectivity index (χ0) is 19.7. The van der Waals surface area contributed by atoms with E-state index in [9.17, 15) is 9.90 Å². The number of aryl methyl sites for hydroxylation is 1. The Bertz CT molecular complexity index is 883. The smallest absolute Gasteiger partial charge is 0.259 e. The summed E-state index contributed by atoms with van der Waals surface area (Å²) in [6.07, 6.45) is 5.82. The minimum atomic E-state index is -0.158. The first-order valence-corrected chi connectivity index (χ1v) is 10.1. The lowest BCUT2D eigenvalue weighted by atomic mass is 9.99. The summed E-state index contributed by atoms with van der Waals surface area (Å²) in [7, 11) is 0. The lowest BCUT2D eigenvalue weighted by Gasteiger charge is -2.37. The second-order valence-corrected chi connectivity index (χ2v) is 7.42. The first-order chi connectivity index (χ1) is 13.6. The molecule has 0 aliphatic carbocycles. The van der Waals surface area contributed by atoms with Crippen LogP contribution < -0.4 is 15.1 Å². The molecule has 1 fully saturated rings. The van der Waals surface area contributed by atoms with Gasteiger partial charge in [-0.05, 0) is 63.3 Å². The summed E-state index contributed by atoms with van der Waals surface area (Å²) in [4.78, 5) is 26.5. The Balaban J connectivity index is 1.83. The molecule has 0 radical (unpaired) electrons. The molecule has 2 N–H and O–H groups in total. The second-order valence-electron chi connectivity index (χ2n) is 7.42. The SMILES string of the molecule is CCN1c2ncccc2C(=O)Nc2c(C)cc(N3CCCCC3CCO)nc21. The van der Waals surface area contributed by atoms with Gasteiger partial charge in [0.05, 0.1) is 11.3 Å². The maximum atomic E-state index is 12.8. The summed E-state index contributed by atoms with van der Waals surface area (Å²) in [5, 5.41) is 12.5. The number of aromatic nitrogens is 2. The number of aliphatic hydroxyl groups excluding tert-OH is 1. The number of carbonyl (C=O) groups excluding carboxylic acids is 1. The molecule has 0 aromatic carbocycles. The molecule has 4 rings (SSSR count). The number of pyridine rings is 2. The van der Waals surface area contributed by atoms with Crippen LogP contribution in [0.25, 0.3) is 0 Å². The standard InChI is InChI=1S/C21H27N5O2/c1-3-25-19-16(8-6-10-22-19)21(28)24-18-14(2)13-17(23-20(18)25)26-11-5-4-7-15(26)9-12-27/h6,8,10,13,15,27H,3-5,7,9,11-12H2,1-2H3,(H,24,28). The number of rotatable bonds is 4. The topological polar surface area (TPSA) is 81.6 Å². The molecule has 1 amide bonds. The first kappa shape index (κ1) is 18.7. The van der Waals surface area contributed by atoms with E-state index in [1.54, 1.807) is 18.3 Å². The highest BCUT2D eigenvalue weighted by Gasteiger charge is 2.30. The van der Waals surface area contributed by atoms with Gasteiger partial charge in [0.15, 0.2) is 5.82 Å². The highest BCUT2D eigenvalue weighted by molar-refractivity contribution is 6.11. The maximum absolute atomic E-state index is 12.8. The Morgan fingerprint density at radius 1 is 1.32 bits per heavy atom. The molecule has 148 valence electrons. The number of carbonyl (C=O) groups is 1. The van der Waals surface area contributed by atoms with Gasteiger partial charge in [0.2, 0.25) is 0 Å². The highest BCUT2D eigenvalue weighted by atomic mass is 16.3. The summed E-state index contributed by atoms with van der Waals surface area (Å²) >= 11 is 0. The molecule has 7 nitrogen and oxygen atoms in total. The van der Waals surface area contributed by atoms with E-state index in [0.29, 0.717) is 24.0 Å². The van der Waals surface area contributed by atoms with Crippen LogP contribution in [-0.4, -0.2) is 46.7 Å². The zero-order valence-electron chi connectivity index (χ0n) is 16.5. The van der Waals surface area contributed by atoms with Gasteiger partial charge in [-0.1, -0.05) is 0 Å². The number of nitrogens with one attached hydrogen (secondary N) is 1. The molecule has 2 aromatic heterocycles. The number of amides is 1. The molecule has 0 spiro atoms. The summed E-state index contributed by atoms with van der Waals surface area (Å²) in [5.41, 5.74) is 2.27. The molecule has 0 bridgehead atoms. The van der Waals surface area contributed by atoms with Crippen molar-refractivity contribution >= 4 is 29.0 Å². The van der Waals surface area contributed by atoms with Crippen molar-refractivity contribution in [3.05, 3.63) is 35.5 Å². The Kier molecular flexibility index (Phi) is 5.17. The van der Waals surface area contributed by atoms with Gasteiger partial charge in [-0.3, -0.25) is 4.79 Å². The van der Waals surface area contributed by atoms with Crippen LogP contribution in [0.2, 0.25) is 0 Å². The molecule has 2 aromatic rings. The fraction of sp³-hybridized carbons (Fsp3) is 0.476. The van der Waals surface area contributed by atoms with Gasteiger partial charge in [0.1, 0.15) is 11.6 Å². The lowest BCUT2D eigenvalue weighted by molar-refractivity contribution is 0.102. The Morgan fingerprint density at radius 2 is 2.18 bits per heavy atom. The van der Waals surface area contributed by atoms with E-state index in [2.05, 4.69) is 15.2 Å². The molecule has 1 saturated heterocycles.